The third-order valence-electron chi connectivity index (χ3n) is 4.27. The summed E-state index contributed by atoms with van der Waals surface area (Å²) in [5.74, 6) is 0.958. The van der Waals surface area contributed by atoms with E-state index < -0.39 is 0 Å². The fourth-order valence-electron chi connectivity index (χ4n) is 2.90. The Morgan fingerprint density at radius 3 is 2.88 bits per heavy atom. The summed E-state index contributed by atoms with van der Waals surface area (Å²) in [6, 6.07) is 10.4. The Morgan fingerprint density at radius 2 is 2.17 bits per heavy atom. The van der Waals surface area contributed by atoms with Crippen molar-refractivity contribution in [3.63, 3.8) is 0 Å². The van der Waals surface area contributed by atoms with Gasteiger partial charge in [0.15, 0.2) is 0 Å². The van der Waals surface area contributed by atoms with Gasteiger partial charge in [0.2, 0.25) is 5.91 Å². The second kappa shape index (κ2) is 7.42. The van der Waals surface area contributed by atoms with Gasteiger partial charge in [-0.3, -0.25) is 4.79 Å². The van der Waals surface area contributed by atoms with E-state index in [4.69, 9.17) is 0 Å². The molecule has 1 unspecified atom stereocenters. The van der Waals surface area contributed by atoms with Crippen molar-refractivity contribution in [2.24, 2.45) is 5.92 Å². The van der Waals surface area contributed by atoms with Crippen LogP contribution in [-0.2, 0) is 17.6 Å². The molecule has 1 heterocycles. The average Bonchev–Trinajstić information content (AvgIpc) is 2.90. The van der Waals surface area contributed by atoms with Crippen LogP contribution < -0.4 is 5.32 Å². The predicted octanol–water partition coefficient (Wildman–Crippen LogP) is 4.78. The minimum atomic E-state index is -0.0521. The molecular formula is C19H20N2OS2. The summed E-state index contributed by atoms with van der Waals surface area (Å²) >= 11 is 3.09. The highest BCUT2D eigenvalue weighted by molar-refractivity contribution is 8.00. The number of fused-ring (bicyclic) bond motifs is 1. The summed E-state index contributed by atoms with van der Waals surface area (Å²) in [6.07, 6.45) is 3.08. The van der Waals surface area contributed by atoms with Gasteiger partial charge in [-0.15, -0.1) is 23.1 Å². The van der Waals surface area contributed by atoms with Crippen LogP contribution in [0.1, 0.15) is 34.9 Å². The number of thioether (sulfide) groups is 1. The number of carbonyl (C=O) groups is 1. The van der Waals surface area contributed by atoms with Crippen LogP contribution in [0, 0.1) is 24.2 Å². The van der Waals surface area contributed by atoms with Gasteiger partial charge in [0, 0.05) is 9.77 Å². The smallest absolute Gasteiger partial charge is 0.235 e. The zero-order valence-electron chi connectivity index (χ0n) is 13.9. The minimum Gasteiger partial charge on any atom is -0.316 e. The molecule has 0 aliphatic heterocycles. The lowest BCUT2D eigenvalue weighted by Gasteiger charge is -2.17. The number of nitrogens with one attached hydrogen (secondary N) is 1. The first-order valence-electron chi connectivity index (χ1n) is 8.10. The van der Waals surface area contributed by atoms with E-state index in [1.807, 2.05) is 31.2 Å². The molecule has 1 N–H and O–H groups in total. The molecule has 124 valence electrons. The number of carbonyl (C=O) groups excluding carboxylic acids is 1. The molecule has 1 aromatic carbocycles. The third-order valence-corrected chi connectivity index (χ3v) is 6.45. The number of hydrogen-bond acceptors (Lipinski definition) is 4. The van der Waals surface area contributed by atoms with Crippen LogP contribution in [0.5, 0.6) is 0 Å². The molecule has 1 aromatic heterocycles. The molecule has 0 saturated carbocycles. The molecule has 3 nitrogen and oxygen atoms in total. The first-order valence-corrected chi connectivity index (χ1v) is 9.91. The van der Waals surface area contributed by atoms with E-state index in [1.54, 1.807) is 11.3 Å². The third kappa shape index (κ3) is 3.82. The van der Waals surface area contributed by atoms with Crippen LogP contribution in [0.2, 0.25) is 0 Å². The van der Waals surface area contributed by atoms with Gasteiger partial charge < -0.3 is 5.32 Å². The quantitative estimate of drug-likeness (QED) is 0.802. The first-order chi connectivity index (χ1) is 11.6. The van der Waals surface area contributed by atoms with Gasteiger partial charge in [-0.1, -0.05) is 24.6 Å². The number of benzene rings is 1. The normalized spacial score (nSPS) is 16.3. The highest BCUT2D eigenvalue weighted by atomic mass is 32.2. The van der Waals surface area contributed by atoms with Gasteiger partial charge in [-0.25, -0.2) is 0 Å². The summed E-state index contributed by atoms with van der Waals surface area (Å²) in [5.41, 5.74) is 3.04. The Labute approximate surface area is 151 Å². The van der Waals surface area contributed by atoms with Crippen LogP contribution in [0.4, 0.5) is 5.00 Å². The molecule has 1 atom stereocenters. The summed E-state index contributed by atoms with van der Waals surface area (Å²) in [7, 11) is 0. The second-order valence-corrected chi connectivity index (χ2v) is 8.47. The summed E-state index contributed by atoms with van der Waals surface area (Å²) < 4.78 is 0. The zero-order chi connectivity index (χ0) is 17.1. The van der Waals surface area contributed by atoms with Crippen LogP contribution in [0.3, 0.4) is 0 Å². The highest BCUT2D eigenvalue weighted by Gasteiger charge is 2.24. The lowest BCUT2D eigenvalue weighted by Crippen LogP contribution is -2.14. The first kappa shape index (κ1) is 17.1. The Hall–Kier alpha value is -1.77. The Kier molecular flexibility index (Phi) is 5.27. The fraction of sp³-hybridized carbons (Fsp3) is 0.368. The molecule has 0 spiro atoms. The fourth-order valence-corrected chi connectivity index (χ4v) is 4.98. The molecule has 0 fully saturated rings. The lowest BCUT2D eigenvalue weighted by atomic mass is 9.89. The summed E-state index contributed by atoms with van der Waals surface area (Å²) in [5, 5.41) is 13.2. The van der Waals surface area contributed by atoms with Gasteiger partial charge >= 0.3 is 0 Å². The minimum absolute atomic E-state index is 0.0521. The van der Waals surface area contributed by atoms with E-state index in [0.717, 1.165) is 34.7 Å². The van der Waals surface area contributed by atoms with Crippen molar-refractivity contribution < 1.29 is 4.79 Å². The van der Waals surface area contributed by atoms with Crippen molar-refractivity contribution in [1.29, 1.82) is 5.26 Å². The molecule has 0 saturated heterocycles. The number of rotatable bonds is 4. The van der Waals surface area contributed by atoms with E-state index >= 15 is 0 Å². The molecule has 1 amide bonds. The van der Waals surface area contributed by atoms with Gasteiger partial charge in [-0.2, -0.15) is 5.26 Å². The Bertz CT molecular complexity index is 787. The largest absolute Gasteiger partial charge is 0.316 e. The highest BCUT2D eigenvalue weighted by Crippen LogP contribution is 2.39. The van der Waals surface area contributed by atoms with E-state index in [2.05, 4.69) is 18.3 Å². The summed E-state index contributed by atoms with van der Waals surface area (Å²) in [4.78, 5) is 14.6. The SMILES string of the molecule is Cc1ccc(SCC(=O)Nc2sc3c(c2C#N)CCC(C)C3)cc1. The number of nitrogens with zero attached hydrogens (tertiary/aromatic N) is 1. The number of nitriles is 1. The maximum absolute atomic E-state index is 12.3. The van der Waals surface area contributed by atoms with Crippen LogP contribution in [0.15, 0.2) is 29.2 Å². The van der Waals surface area contributed by atoms with Crippen molar-refractivity contribution in [2.75, 3.05) is 11.1 Å². The zero-order valence-corrected chi connectivity index (χ0v) is 15.5. The van der Waals surface area contributed by atoms with Crippen LogP contribution in [-0.4, -0.2) is 11.7 Å². The molecule has 0 radical (unpaired) electrons. The maximum atomic E-state index is 12.3. The molecule has 5 heteroatoms. The van der Waals surface area contributed by atoms with E-state index in [1.165, 1.54) is 22.2 Å². The van der Waals surface area contributed by atoms with Crippen molar-refractivity contribution >= 4 is 34.0 Å². The predicted molar refractivity (Wildman–Crippen MR) is 101 cm³/mol. The number of amides is 1. The lowest BCUT2D eigenvalue weighted by molar-refractivity contribution is -0.113. The van der Waals surface area contributed by atoms with Crippen LogP contribution in [0.25, 0.3) is 0 Å². The van der Waals surface area contributed by atoms with E-state index in [-0.39, 0.29) is 5.91 Å². The number of thiophene rings is 1. The van der Waals surface area contributed by atoms with Gasteiger partial charge in [-0.05, 0) is 49.8 Å². The monoisotopic (exact) mass is 356 g/mol. The van der Waals surface area contributed by atoms with E-state index in [9.17, 15) is 10.1 Å². The maximum Gasteiger partial charge on any atom is 0.235 e. The molecular weight excluding hydrogens is 336 g/mol. The van der Waals surface area contributed by atoms with Gasteiger partial charge in [0.05, 0.1) is 11.3 Å². The molecule has 1 aliphatic carbocycles. The van der Waals surface area contributed by atoms with Crippen molar-refractivity contribution in [3.8, 4) is 6.07 Å². The molecule has 0 bridgehead atoms. The van der Waals surface area contributed by atoms with Crippen molar-refractivity contribution in [2.45, 2.75) is 38.0 Å². The Balaban J connectivity index is 1.66. The standard InChI is InChI=1S/C19H20N2OS2/c1-12-3-6-14(7-4-12)23-11-18(22)21-19-16(10-20)15-8-5-13(2)9-17(15)24-19/h3-4,6-7,13H,5,8-9,11H2,1-2H3,(H,21,22). The molecule has 2 aromatic rings. The Morgan fingerprint density at radius 1 is 1.42 bits per heavy atom. The van der Waals surface area contributed by atoms with Gasteiger partial charge in [0.25, 0.3) is 0 Å². The van der Waals surface area contributed by atoms with Gasteiger partial charge in [0.1, 0.15) is 11.1 Å². The summed E-state index contributed by atoms with van der Waals surface area (Å²) in [6.45, 7) is 4.29. The number of anilines is 1. The van der Waals surface area contributed by atoms with E-state index in [0.29, 0.717) is 17.2 Å². The van der Waals surface area contributed by atoms with Crippen molar-refractivity contribution in [3.05, 3.63) is 45.8 Å². The molecule has 1 aliphatic rings. The van der Waals surface area contributed by atoms with Crippen molar-refractivity contribution in [1.82, 2.24) is 0 Å². The topological polar surface area (TPSA) is 52.9 Å². The second-order valence-electron chi connectivity index (χ2n) is 6.32. The average molecular weight is 357 g/mol. The molecule has 24 heavy (non-hydrogen) atoms. The number of aryl methyl sites for hydroxylation is 1. The number of hydrogen-bond donors (Lipinski definition) is 1. The van der Waals surface area contributed by atoms with Crippen LogP contribution >= 0.6 is 23.1 Å². The molecule has 3 rings (SSSR count).